The van der Waals surface area contributed by atoms with E-state index in [1.807, 2.05) is 5.32 Å². The van der Waals surface area contributed by atoms with Gasteiger partial charge in [-0.1, -0.05) is 0 Å². The van der Waals surface area contributed by atoms with Gasteiger partial charge in [-0.05, 0) is 0 Å². The SMILES string of the molecule is O=C1CNC(=O)N1.[H]. The Bertz CT molecular complexity index is 110. The number of rotatable bonds is 0. The number of carbonyl (C=O) groups excluding carboxylic acids is 2. The van der Waals surface area contributed by atoms with Crippen molar-refractivity contribution in [2.24, 2.45) is 0 Å². The van der Waals surface area contributed by atoms with E-state index < -0.39 is 6.03 Å². The molecule has 0 saturated carbocycles. The van der Waals surface area contributed by atoms with Gasteiger partial charge in [0.25, 0.3) is 0 Å². The minimum atomic E-state index is -0.398. The van der Waals surface area contributed by atoms with Gasteiger partial charge in [0.2, 0.25) is 5.91 Å². The average Bonchev–Trinajstić information content (AvgIpc) is 1.87. The maximum Gasteiger partial charge on any atom is 0.321 e. The predicted octanol–water partition coefficient (Wildman–Crippen LogP) is -1.06. The van der Waals surface area contributed by atoms with E-state index in [1.54, 1.807) is 0 Å². The van der Waals surface area contributed by atoms with Crippen LogP contribution >= 0.6 is 0 Å². The van der Waals surface area contributed by atoms with E-state index in [0.29, 0.717) is 0 Å². The van der Waals surface area contributed by atoms with Crippen LogP contribution in [0.4, 0.5) is 4.79 Å². The van der Waals surface area contributed by atoms with Gasteiger partial charge in [-0.3, -0.25) is 10.1 Å². The number of hydrogen-bond donors (Lipinski definition) is 2. The Morgan fingerprint density at radius 3 is 2.43 bits per heavy atom. The number of nitrogens with one attached hydrogen (secondary N) is 2. The van der Waals surface area contributed by atoms with E-state index in [0.717, 1.165) is 0 Å². The molecular weight excluding hydrogens is 96.0 g/mol. The molecule has 2 N–H and O–H groups in total. The summed E-state index contributed by atoms with van der Waals surface area (Å²) < 4.78 is 0. The molecule has 1 aliphatic rings. The van der Waals surface area contributed by atoms with Gasteiger partial charge in [0.1, 0.15) is 0 Å². The van der Waals surface area contributed by atoms with Crippen molar-refractivity contribution in [1.82, 2.24) is 10.6 Å². The van der Waals surface area contributed by atoms with E-state index in [2.05, 4.69) is 5.32 Å². The number of hydrogen-bond acceptors (Lipinski definition) is 2. The molecule has 7 heavy (non-hydrogen) atoms. The summed E-state index contributed by atoms with van der Waals surface area (Å²) in [7, 11) is 0. The molecule has 1 rings (SSSR count). The summed E-state index contributed by atoms with van der Waals surface area (Å²) in [6, 6.07) is -0.398. The Labute approximate surface area is 41.4 Å². The molecule has 1 heterocycles. The Hall–Kier alpha value is -1.06. The summed E-state index contributed by atoms with van der Waals surface area (Å²) in [4.78, 5) is 20.1. The van der Waals surface area contributed by atoms with Crippen molar-refractivity contribution in [2.75, 3.05) is 6.54 Å². The first kappa shape index (κ1) is 4.11. The monoisotopic (exact) mass is 101 g/mol. The second-order valence-electron chi connectivity index (χ2n) is 1.23. The molecule has 3 amide bonds. The highest BCUT2D eigenvalue weighted by Crippen LogP contribution is 1.73. The van der Waals surface area contributed by atoms with Crippen LogP contribution in [0.5, 0.6) is 0 Å². The molecule has 0 spiro atoms. The second-order valence-corrected chi connectivity index (χ2v) is 1.23. The number of carbonyl (C=O) groups is 2. The third kappa shape index (κ3) is 0.677. The number of amides is 3. The highest BCUT2D eigenvalue weighted by Gasteiger charge is 2.14. The zero-order valence-electron chi connectivity index (χ0n) is 4.52. The van der Waals surface area contributed by atoms with Gasteiger partial charge in [0, 0.05) is 1.43 Å². The van der Waals surface area contributed by atoms with Crippen LogP contribution in [0.15, 0.2) is 0 Å². The maximum atomic E-state index is 10.1. The fourth-order valence-corrected chi connectivity index (χ4v) is 0.376. The van der Waals surface area contributed by atoms with Crippen molar-refractivity contribution in [3.8, 4) is 0 Å². The first-order valence-electron chi connectivity index (χ1n) is 1.87. The fourth-order valence-electron chi connectivity index (χ4n) is 0.376. The summed E-state index contributed by atoms with van der Waals surface area (Å²) in [5.74, 6) is -0.259. The summed E-state index contributed by atoms with van der Waals surface area (Å²) >= 11 is 0. The molecule has 0 unspecified atom stereocenters. The minimum absolute atomic E-state index is 0. The van der Waals surface area contributed by atoms with Crippen LogP contribution in [-0.4, -0.2) is 18.5 Å². The minimum Gasteiger partial charge on any atom is -0.329 e. The molecule has 1 aliphatic heterocycles. The average molecular weight is 101 g/mol. The highest BCUT2D eigenvalue weighted by atomic mass is 16.2. The van der Waals surface area contributed by atoms with E-state index in [-0.39, 0.29) is 13.9 Å². The van der Waals surface area contributed by atoms with Crippen LogP contribution in [0.3, 0.4) is 0 Å². The normalized spacial score (nSPS) is 18.9. The van der Waals surface area contributed by atoms with Crippen LogP contribution in [0.25, 0.3) is 0 Å². The number of imide groups is 1. The molecule has 0 aromatic carbocycles. The van der Waals surface area contributed by atoms with Crippen molar-refractivity contribution in [3.05, 3.63) is 0 Å². The molecule has 0 aliphatic carbocycles. The Morgan fingerprint density at radius 2 is 2.29 bits per heavy atom. The molecule has 0 aromatic rings. The number of urea groups is 1. The van der Waals surface area contributed by atoms with Gasteiger partial charge in [0.05, 0.1) is 6.54 Å². The van der Waals surface area contributed by atoms with Crippen molar-refractivity contribution in [3.63, 3.8) is 0 Å². The topological polar surface area (TPSA) is 58.2 Å². The molecule has 4 heteroatoms. The molecule has 0 aromatic heterocycles. The lowest BCUT2D eigenvalue weighted by molar-refractivity contribution is -0.117. The standard InChI is InChI=1S/C3H4N2O2.H/c6-2-1-4-3(7)5-2;/h1H2,(H2,4,5,6,7);. The summed E-state index contributed by atoms with van der Waals surface area (Å²) in [6.07, 6.45) is 0. The van der Waals surface area contributed by atoms with Gasteiger partial charge in [-0.2, -0.15) is 0 Å². The third-order valence-electron chi connectivity index (χ3n) is 0.662. The van der Waals surface area contributed by atoms with Crippen molar-refractivity contribution in [1.29, 1.82) is 0 Å². The van der Waals surface area contributed by atoms with E-state index >= 15 is 0 Å². The van der Waals surface area contributed by atoms with Gasteiger partial charge >= 0.3 is 6.03 Å². The zero-order chi connectivity index (χ0) is 5.28. The van der Waals surface area contributed by atoms with Gasteiger partial charge in [0.15, 0.2) is 0 Å². The molecule has 0 atom stereocenters. The Kier molecular flexibility index (Phi) is 0.714. The fraction of sp³-hybridized carbons (Fsp3) is 0.333. The third-order valence-corrected chi connectivity index (χ3v) is 0.662. The smallest absolute Gasteiger partial charge is 0.321 e. The van der Waals surface area contributed by atoms with Crippen molar-refractivity contribution >= 4 is 11.9 Å². The summed E-state index contributed by atoms with van der Waals surface area (Å²) in [5, 5.41) is 4.30. The van der Waals surface area contributed by atoms with E-state index in [1.165, 1.54) is 0 Å². The predicted molar refractivity (Wildman–Crippen MR) is 22.7 cm³/mol. The van der Waals surface area contributed by atoms with Crippen molar-refractivity contribution in [2.45, 2.75) is 0 Å². The molecular formula is C3H5N2O2. The van der Waals surface area contributed by atoms with Crippen LogP contribution in [0, 0.1) is 0 Å². The first-order valence-corrected chi connectivity index (χ1v) is 1.87. The van der Waals surface area contributed by atoms with E-state index in [4.69, 9.17) is 0 Å². The summed E-state index contributed by atoms with van der Waals surface area (Å²) in [5.41, 5.74) is 0. The molecule has 1 fully saturated rings. The maximum absolute atomic E-state index is 10.1. The zero-order valence-corrected chi connectivity index (χ0v) is 3.52. The molecule has 39 valence electrons. The van der Waals surface area contributed by atoms with Gasteiger partial charge in [-0.15, -0.1) is 0 Å². The summed E-state index contributed by atoms with van der Waals surface area (Å²) in [6.45, 7) is 0.124. The van der Waals surface area contributed by atoms with E-state index in [9.17, 15) is 9.59 Å². The van der Waals surface area contributed by atoms with Crippen LogP contribution < -0.4 is 10.6 Å². The molecule has 1 radical (unpaired) electrons. The van der Waals surface area contributed by atoms with Gasteiger partial charge < -0.3 is 5.32 Å². The van der Waals surface area contributed by atoms with Crippen LogP contribution in [-0.2, 0) is 4.79 Å². The lowest BCUT2D eigenvalue weighted by atomic mass is 10.7. The molecule has 4 nitrogen and oxygen atoms in total. The Balaban J connectivity index is 0.000000490. The molecule has 1 saturated heterocycles. The van der Waals surface area contributed by atoms with Gasteiger partial charge in [-0.25, -0.2) is 4.79 Å². The lowest BCUT2D eigenvalue weighted by Gasteiger charge is -1.78. The van der Waals surface area contributed by atoms with Crippen molar-refractivity contribution < 1.29 is 11.0 Å². The molecule has 0 bridgehead atoms. The van der Waals surface area contributed by atoms with Crippen LogP contribution in [0.1, 0.15) is 1.43 Å². The first-order chi connectivity index (χ1) is 3.29. The Morgan fingerprint density at radius 1 is 1.57 bits per heavy atom. The highest BCUT2D eigenvalue weighted by molar-refractivity contribution is 6.01. The lowest BCUT2D eigenvalue weighted by Crippen LogP contribution is -2.22. The van der Waals surface area contributed by atoms with Crippen LogP contribution in [0.2, 0.25) is 0 Å². The second kappa shape index (κ2) is 1.22. The largest absolute Gasteiger partial charge is 0.329 e. The quantitative estimate of drug-likeness (QED) is 0.382.